The second-order valence-corrected chi connectivity index (χ2v) is 5.62. The molecule has 1 aromatic carbocycles. The van der Waals surface area contributed by atoms with Gasteiger partial charge in [-0.05, 0) is 63.0 Å². The summed E-state index contributed by atoms with van der Waals surface area (Å²) < 4.78 is 9.25. The van der Waals surface area contributed by atoms with Gasteiger partial charge >= 0.3 is 0 Å². The predicted octanol–water partition coefficient (Wildman–Crippen LogP) is 4.67. The second kappa shape index (κ2) is 4.37. The molecule has 2 aromatic rings. The van der Waals surface area contributed by atoms with Crippen LogP contribution in [0.1, 0.15) is 6.92 Å². The molecule has 1 heterocycles. The smallest absolute Gasteiger partial charge is 0.129 e. The van der Waals surface area contributed by atoms with Crippen LogP contribution in [-0.4, -0.2) is 6.61 Å². The molecule has 0 N–H and O–H groups in total. The van der Waals surface area contributed by atoms with E-state index in [9.17, 15) is 0 Å². The first-order chi connectivity index (χ1) is 6.74. The summed E-state index contributed by atoms with van der Waals surface area (Å²) >= 11 is 7.64. The van der Waals surface area contributed by atoms with E-state index in [1.807, 2.05) is 13.0 Å². The Morgan fingerprint density at radius 3 is 3.07 bits per heavy atom. The van der Waals surface area contributed by atoms with E-state index in [-0.39, 0.29) is 0 Å². The van der Waals surface area contributed by atoms with Crippen LogP contribution in [0.2, 0.25) is 0 Å². The summed E-state index contributed by atoms with van der Waals surface area (Å²) in [5, 5.41) is 3.31. The summed E-state index contributed by atoms with van der Waals surface area (Å²) in [6, 6.07) is 4.15. The van der Waals surface area contributed by atoms with Crippen molar-refractivity contribution in [3.05, 3.63) is 25.6 Å². The van der Waals surface area contributed by atoms with Crippen molar-refractivity contribution >= 4 is 59.9 Å². The van der Waals surface area contributed by atoms with Crippen molar-refractivity contribution in [3.63, 3.8) is 0 Å². The third-order valence-corrected chi connectivity index (χ3v) is 5.68. The first-order valence-corrected chi connectivity index (χ1v) is 6.97. The SMILES string of the molecule is CCOc1cc(Br)c(I)c2sccc12. The van der Waals surface area contributed by atoms with E-state index in [1.54, 1.807) is 11.3 Å². The van der Waals surface area contributed by atoms with Crippen LogP contribution in [0.4, 0.5) is 0 Å². The molecule has 74 valence electrons. The third kappa shape index (κ3) is 1.79. The van der Waals surface area contributed by atoms with Crippen LogP contribution in [0.5, 0.6) is 5.75 Å². The van der Waals surface area contributed by atoms with Crippen LogP contribution in [-0.2, 0) is 0 Å². The maximum atomic E-state index is 5.59. The van der Waals surface area contributed by atoms with Crippen molar-refractivity contribution in [3.8, 4) is 5.75 Å². The number of hydrogen-bond acceptors (Lipinski definition) is 2. The normalized spacial score (nSPS) is 10.8. The first-order valence-electron chi connectivity index (χ1n) is 4.22. The Morgan fingerprint density at radius 1 is 1.57 bits per heavy atom. The lowest BCUT2D eigenvalue weighted by atomic mass is 10.2. The van der Waals surface area contributed by atoms with Gasteiger partial charge in [-0.25, -0.2) is 0 Å². The fourth-order valence-corrected chi connectivity index (χ4v) is 3.53. The van der Waals surface area contributed by atoms with E-state index in [0.29, 0.717) is 6.61 Å². The standard InChI is InChI=1S/C10H8BrIOS/c1-2-13-8-5-7(11)9(12)10-6(8)3-4-14-10/h3-5H,2H2,1H3. The highest BCUT2D eigenvalue weighted by Crippen LogP contribution is 2.38. The first kappa shape index (κ1) is 10.7. The fourth-order valence-electron chi connectivity index (χ4n) is 1.31. The highest BCUT2D eigenvalue weighted by Gasteiger charge is 2.10. The summed E-state index contributed by atoms with van der Waals surface area (Å²) in [6.07, 6.45) is 0. The molecule has 0 bridgehead atoms. The van der Waals surface area contributed by atoms with Gasteiger partial charge < -0.3 is 4.74 Å². The van der Waals surface area contributed by atoms with Crippen molar-refractivity contribution in [1.82, 2.24) is 0 Å². The molecule has 2 rings (SSSR count). The van der Waals surface area contributed by atoms with E-state index in [0.717, 1.165) is 10.2 Å². The highest BCUT2D eigenvalue weighted by atomic mass is 127. The quantitative estimate of drug-likeness (QED) is 0.686. The molecule has 0 saturated carbocycles. The van der Waals surface area contributed by atoms with Crippen LogP contribution in [0.15, 0.2) is 22.0 Å². The third-order valence-electron chi connectivity index (χ3n) is 1.90. The van der Waals surface area contributed by atoms with E-state index < -0.39 is 0 Å². The fraction of sp³-hybridized carbons (Fsp3) is 0.200. The van der Waals surface area contributed by atoms with Crippen molar-refractivity contribution in [2.45, 2.75) is 6.92 Å². The number of rotatable bonds is 2. The summed E-state index contributed by atoms with van der Waals surface area (Å²) in [7, 11) is 0. The molecular formula is C10H8BrIOS. The molecule has 0 atom stereocenters. The molecular weight excluding hydrogens is 375 g/mol. The minimum Gasteiger partial charge on any atom is -0.493 e. The van der Waals surface area contributed by atoms with Crippen LogP contribution < -0.4 is 4.74 Å². The molecule has 14 heavy (non-hydrogen) atoms. The molecule has 1 nitrogen and oxygen atoms in total. The summed E-state index contributed by atoms with van der Waals surface area (Å²) in [5.74, 6) is 0.969. The average molecular weight is 383 g/mol. The average Bonchev–Trinajstić information content (AvgIpc) is 2.63. The van der Waals surface area contributed by atoms with Crippen molar-refractivity contribution in [2.75, 3.05) is 6.61 Å². The molecule has 0 saturated heterocycles. The molecule has 0 spiro atoms. The Bertz CT molecular complexity index is 466. The van der Waals surface area contributed by atoms with Crippen molar-refractivity contribution < 1.29 is 4.74 Å². The van der Waals surface area contributed by atoms with E-state index in [4.69, 9.17) is 4.74 Å². The molecule has 1 aromatic heterocycles. The van der Waals surface area contributed by atoms with Gasteiger partial charge in [0.2, 0.25) is 0 Å². The van der Waals surface area contributed by atoms with Gasteiger partial charge in [-0.3, -0.25) is 0 Å². The lowest BCUT2D eigenvalue weighted by Gasteiger charge is -2.07. The van der Waals surface area contributed by atoms with Gasteiger partial charge in [-0.2, -0.15) is 0 Å². The van der Waals surface area contributed by atoms with Crippen molar-refractivity contribution in [1.29, 1.82) is 0 Å². The van der Waals surface area contributed by atoms with Gasteiger partial charge in [-0.15, -0.1) is 11.3 Å². The molecule has 0 aliphatic heterocycles. The summed E-state index contributed by atoms with van der Waals surface area (Å²) in [6.45, 7) is 2.71. The number of hydrogen-bond donors (Lipinski definition) is 0. The molecule has 0 radical (unpaired) electrons. The Hall–Kier alpha value is 0.190. The van der Waals surface area contributed by atoms with Gasteiger partial charge in [0.1, 0.15) is 5.75 Å². The zero-order valence-corrected chi connectivity index (χ0v) is 12.1. The molecule has 0 aliphatic carbocycles. The number of halogens is 2. The van der Waals surface area contributed by atoms with Gasteiger partial charge in [0, 0.05) is 13.4 Å². The van der Waals surface area contributed by atoms with E-state index >= 15 is 0 Å². The monoisotopic (exact) mass is 382 g/mol. The molecule has 0 amide bonds. The zero-order valence-electron chi connectivity index (χ0n) is 7.51. The minimum absolute atomic E-state index is 0.706. The Morgan fingerprint density at radius 2 is 2.36 bits per heavy atom. The second-order valence-electron chi connectivity index (χ2n) is 2.77. The summed E-state index contributed by atoms with van der Waals surface area (Å²) in [5.41, 5.74) is 0. The zero-order chi connectivity index (χ0) is 10.1. The maximum Gasteiger partial charge on any atom is 0.129 e. The molecule has 0 unspecified atom stereocenters. The lowest BCUT2D eigenvalue weighted by molar-refractivity contribution is 0.344. The number of ether oxygens (including phenoxy) is 1. The van der Waals surface area contributed by atoms with Crippen LogP contribution in [0, 0.1) is 3.57 Å². The molecule has 4 heteroatoms. The van der Waals surface area contributed by atoms with Gasteiger partial charge in [0.25, 0.3) is 0 Å². The van der Waals surface area contributed by atoms with E-state index in [2.05, 4.69) is 50.0 Å². The Kier molecular flexibility index (Phi) is 3.34. The lowest BCUT2D eigenvalue weighted by Crippen LogP contribution is -1.92. The highest BCUT2D eigenvalue weighted by molar-refractivity contribution is 14.1. The number of thiophene rings is 1. The van der Waals surface area contributed by atoms with Gasteiger partial charge in [0.05, 0.1) is 11.3 Å². The minimum atomic E-state index is 0.706. The predicted molar refractivity (Wildman–Crippen MR) is 73.4 cm³/mol. The van der Waals surface area contributed by atoms with E-state index in [1.165, 1.54) is 13.7 Å². The Labute approximate surface area is 109 Å². The number of fused-ring (bicyclic) bond motifs is 1. The van der Waals surface area contributed by atoms with Crippen LogP contribution >= 0.6 is 49.9 Å². The largest absolute Gasteiger partial charge is 0.493 e. The summed E-state index contributed by atoms with van der Waals surface area (Å²) in [4.78, 5) is 0. The van der Waals surface area contributed by atoms with Crippen molar-refractivity contribution in [2.24, 2.45) is 0 Å². The molecule has 0 fully saturated rings. The van der Waals surface area contributed by atoms with Gasteiger partial charge in [-0.1, -0.05) is 0 Å². The van der Waals surface area contributed by atoms with Crippen LogP contribution in [0.25, 0.3) is 10.1 Å². The number of benzene rings is 1. The van der Waals surface area contributed by atoms with Crippen LogP contribution in [0.3, 0.4) is 0 Å². The molecule has 0 aliphatic rings. The maximum absolute atomic E-state index is 5.59. The van der Waals surface area contributed by atoms with Gasteiger partial charge in [0.15, 0.2) is 0 Å². The topological polar surface area (TPSA) is 9.23 Å². The Balaban J connectivity index is 2.71.